The number of aliphatic hydroxyl groups is 1. The first kappa shape index (κ1) is 16.6. The summed E-state index contributed by atoms with van der Waals surface area (Å²) in [6.07, 6.45) is 2.56. The van der Waals surface area contributed by atoms with Crippen LogP contribution in [0.5, 0.6) is 5.75 Å². The minimum absolute atomic E-state index is 0.0556. The van der Waals surface area contributed by atoms with Crippen LogP contribution in [0.3, 0.4) is 0 Å². The Labute approximate surface area is 132 Å². The molecule has 0 aliphatic carbocycles. The maximum atomic E-state index is 9.60. The summed E-state index contributed by atoms with van der Waals surface area (Å²) in [5, 5.41) is 13.9. The number of hydrogen-bond acceptors (Lipinski definition) is 3. The second-order valence-electron chi connectivity index (χ2n) is 6.80. The first-order chi connectivity index (χ1) is 9.89. The van der Waals surface area contributed by atoms with E-state index in [1.807, 2.05) is 19.1 Å². The minimum atomic E-state index is -0.277. The predicted molar refractivity (Wildman–Crippen MR) is 87.0 cm³/mol. The van der Waals surface area contributed by atoms with Crippen LogP contribution in [0, 0.1) is 5.41 Å². The Morgan fingerprint density at radius 2 is 2.24 bits per heavy atom. The van der Waals surface area contributed by atoms with Crippen molar-refractivity contribution < 1.29 is 9.84 Å². The van der Waals surface area contributed by atoms with E-state index in [9.17, 15) is 5.11 Å². The highest BCUT2D eigenvalue weighted by atomic mass is 35.5. The van der Waals surface area contributed by atoms with Crippen LogP contribution in [0.2, 0.25) is 5.02 Å². The van der Waals surface area contributed by atoms with Crippen LogP contribution in [0.4, 0.5) is 0 Å². The van der Waals surface area contributed by atoms with Gasteiger partial charge >= 0.3 is 0 Å². The highest BCUT2D eigenvalue weighted by Crippen LogP contribution is 2.37. The Hall–Kier alpha value is -0.770. The Bertz CT molecular complexity index is 474. The van der Waals surface area contributed by atoms with Gasteiger partial charge in [0, 0.05) is 18.2 Å². The third-order valence-electron chi connectivity index (χ3n) is 3.93. The first-order valence-corrected chi connectivity index (χ1v) is 8.09. The smallest absolute Gasteiger partial charge is 0.142 e. The van der Waals surface area contributed by atoms with Crippen molar-refractivity contribution in [3.63, 3.8) is 0 Å². The molecule has 1 aromatic carbocycles. The van der Waals surface area contributed by atoms with E-state index in [2.05, 4.69) is 25.2 Å². The van der Waals surface area contributed by atoms with Gasteiger partial charge < -0.3 is 15.2 Å². The number of hydrogen-bond donors (Lipinski definition) is 2. The lowest BCUT2D eigenvalue weighted by Gasteiger charge is -2.29. The molecule has 0 saturated heterocycles. The zero-order chi connectivity index (χ0) is 15.5. The Balaban J connectivity index is 2.09. The molecule has 0 saturated carbocycles. The number of para-hydroxylation sites is 1. The molecular weight excluding hydrogens is 286 g/mol. The topological polar surface area (TPSA) is 41.5 Å². The zero-order valence-electron chi connectivity index (χ0n) is 13.2. The summed E-state index contributed by atoms with van der Waals surface area (Å²) < 4.78 is 5.79. The highest BCUT2D eigenvalue weighted by molar-refractivity contribution is 6.32. The van der Waals surface area contributed by atoms with Gasteiger partial charge in [0.05, 0.1) is 17.7 Å². The maximum absolute atomic E-state index is 9.60. The molecule has 3 nitrogen and oxygen atoms in total. The van der Waals surface area contributed by atoms with Crippen molar-refractivity contribution in [2.75, 3.05) is 13.2 Å². The van der Waals surface area contributed by atoms with Crippen LogP contribution in [-0.2, 0) is 0 Å². The van der Waals surface area contributed by atoms with Gasteiger partial charge in [0.1, 0.15) is 5.75 Å². The molecule has 4 heteroatoms. The van der Waals surface area contributed by atoms with E-state index in [4.69, 9.17) is 16.3 Å². The molecule has 0 amide bonds. The fourth-order valence-electron chi connectivity index (χ4n) is 3.05. The Kier molecular flexibility index (Phi) is 5.53. The van der Waals surface area contributed by atoms with E-state index >= 15 is 0 Å². The fourth-order valence-corrected chi connectivity index (χ4v) is 3.29. The van der Waals surface area contributed by atoms with Crippen molar-refractivity contribution in [1.82, 2.24) is 5.32 Å². The largest absolute Gasteiger partial charge is 0.492 e. The SMILES string of the molecule is CC(O)CC(C)(C)CNC1CCCOc2c(Cl)cccc21. The van der Waals surface area contributed by atoms with Crippen molar-refractivity contribution in [2.45, 2.75) is 52.2 Å². The molecule has 1 aromatic rings. The van der Waals surface area contributed by atoms with Gasteiger partial charge in [-0.3, -0.25) is 0 Å². The number of rotatable bonds is 5. The van der Waals surface area contributed by atoms with Crippen LogP contribution in [0.1, 0.15) is 51.6 Å². The second kappa shape index (κ2) is 6.99. The van der Waals surface area contributed by atoms with Crippen molar-refractivity contribution >= 4 is 11.6 Å². The lowest BCUT2D eigenvalue weighted by molar-refractivity contribution is 0.126. The van der Waals surface area contributed by atoms with Crippen molar-refractivity contribution in [3.8, 4) is 5.75 Å². The molecule has 1 aliphatic rings. The lowest BCUT2D eigenvalue weighted by atomic mass is 9.86. The molecular formula is C17H26ClNO2. The number of aliphatic hydroxyl groups excluding tert-OH is 1. The molecule has 118 valence electrons. The molecule has 0 bridgehead atoms. The van der Waals surface area contributed by atoms with Crippen LogP contribution >= 0.6 is 11.6 Å². The van der Waals surface area contributed by atoms with Crippen LogP contribution in [0.15, 0.2) is 18.2 Å². The van der Waals surface area contributed by atoms with E-state index in [1.54, 1.807) is 0 Å². The summed E-state index contributed by atoms with van der Waals surface area (Å²) in [6, 6.07) is 6.20. The molecule has 2 unspecified atom stereocenters. The maximum Gasteiger partial charge on any atom is 0.142 e. The normalized spacial score (nSPS) is 20.3. The van der Waals surface area contributed by atoms with E-state index in [-0.39, 0.29) is 17.6 Å². The summed E-state index contributed by atoms with van der Waals surface area (Å²) in [7, 11) is 0. The summed E-state index contributed by atoms with van der Waals surface area (Å²) >= 11 is 6.25. The first-order valence-electron chi connectivity index (χ1n) is 7.72. The second-order valence-corrected chi connectivity index (χ2v) is 7.21. The van der Waals surface area contributed by atoms with Gasteiger partial charge in [-0.25, -0.2) is 0 Å². The van der Waals surface area contributed by atoms with Crippen LogP contribution in [-0.4, -0.2) is 24.4 Å². The summed E-state index contributed by atoms with van der Waals surface area (Å²) in [5.74, 6) is 0.822. The summed E-state index contributed by atoms with van der Waals surface area (Å²) in [4.78, 5) is 0. The molecule has 1 aliphatic heterocycles. The number of halogens is 1. The van der Waals surface area contributed by atoms with Gasteiger partial charge in [0.25, 0.3) is 0 Å². The average Bonchev–Trinajstić information content (AvgIpc) is 2.58. The summed E-state index contributed by atoms with van der Waals surface area (Å²) in [5.41, 5.74) is 1.20. The van der Waals surface area contributed by atoms with Gasteiger partial charge in [-0.2, -0.15) is 0 Å². The fraction of sp³-hybridized carbons (Fsp3) is 0.647. The molecule has 0 spiro atoms. The predicted octanol–water partition coefficient (Wildman–Crippen LogP) is 3.94. The number of nitrogens with one attached hydrogen (secondary N) is 1. The quantitative estimate of drug-likeness (QED) is 0.865. The van der Waals surface area contributed by atoms with Crippen molar-refractivity contribution in [2.24, 2.45) is 5.41 Å². The van der Waals surface area contributed by atoms with Gasteiger partial charge in [0.15, 0.2) is 0 Å². The van der Waals surface area contributed by atoms with E-state index in [0.717, 1.165) is 37.1 Å². The van der Waals surface area contributed by atoms with Gasteiger partial charge in [-0.1, -0.05) is 37.6 Å². The Morgan fingerprint density at radius 1 is 1.48 bits per heavy atom. The van der Waals surface area contributed by atoms with Gasteiger partial charge in [-0.05, 0) is 37.7 Å². The van der Waals surface area contributed by atoms with Gasteiger partial charge in [0.2, 0.25) is 0 Å². The molecule has 2 atom stereocenters. The molecule has 0 aromatic heterocycles. The number of ether oxygens (including phenoxy) is 1. The lowest BCUT2D eigenvalue weighted by Crippen LogP contribution is -2.34. The molecule has 2 N–H and O–H groups in total. The third kappa shape index (κ3) is 4.60. The molecule has 0 radical (unpaired) electrons. The minimum Gasteiger partial charge on any atom is -0.492 e. The number of fused-ring (bicyclic) bond motifs is 1. The van der Waals surface area contributed by atoms with Gasteiger partial charge in [-0.15, -0.1) is 0 Å². The third-order valence-corrected chi connectivity index (χ3v) is 4.23. The number of benzene rings is 1. The van der Waals surface area contributed by atoms with E-state index < -0.39 is 0 Å². The molecule has 1 heterocycles. The van der Waals surface area contributed by atoms with Crippen LogP contribution < -0.4 is 10.1 Å². The zero-order valence-corrected chi connectivity index (χ0v) is 13.9. The van der Waals surface area contributed by atoms with E-state index in [0.29, 0.717) is 11.6 Å². The molecule has 2 rings (SSSR count). The highest BCUT2D eigenvalue weighted by Gasteiger charge is 2.25. The monoisotopic (exact) mass is 311 g/mol. The standard InChI is InChI=1S/C17H26ClNO2/c1-12(20)10-17(2,3)11-19-15-8-5-9-21-16-13(15)6-4-7-14(16)18/h4,6-7,12,15,19-20H,5,8-11H2,1-3H3. The average molecular weight is 312 g/mol. The van der Waals surface area contributed by atoms with Crippen LogP contribution in [0.25, 0.3) is 0 Å². The molecule has 21 heavy (non-hydrogen) atoms. The van der Waals surface area contributed by atoms with E-state index in [1.165, 1.54) is 0 Å². The Morgan fingerprint density at radius 3 is 2.95 bits per heavy atom. The molecule has 0 fully saturated rings. The summed E-state index contributed by atoms with van der Waals surface area (Å²) in [6.45, 7) is 7.77. The van der Waals surface area contributed by atoms with Crippen molar-refractivity contribution in [3.05, 3.63) is 28.8 Å². The van der Waals surface area contributed by atoms with Crippen molar-refractivity contribution in [1.29, 1.82) is 0 Å².